The summed E-state index contributed by atoms with van der Waals surface area (Å²) in [5, 5.41) is 10.1. The molecule has 8 heteroatoms. The number of imidazole rings is 1. The second kappa shape index (κ2) is 5.52. The van der Waals surface area contributed by atoms with E-state index in [0.717, 1.165) is 5.39 Å². The van der Waals surface area contributed by atoms with Crippen molar-refractivity contribution in [1.29, 1.82) is 0 Å². The molecule has 0 fully saturated rings. The fourth-order valence-electron chi connectivity index (χ4n) is 2.98. The maximum Gasteiger partial charge on any atom is 0.212 e. The summed E-state index contributed by atoms with van der Waals surface area (Å²) in [6, 6.07) is 0. The van der Waals surface area contributed by atoms with E-state index in [-0.39, 0.29) is 5.82 Å². The molecule has 0 unspecified atom stereocenters. The number of hydrogen-bond acceptors (Lipinski definition) is 4. The van der Waals surface area contributed by atoms with E-state index in [2.05, 4.69) is 32.1 Å². The van der Waals surface area contributed by atoms with Crippen LogP contribution >= 0.6 is 0 Å². The van der Waals surface area contributed by atoms with Crippen molar-refractivity contribution in [3.63, 3.8) is 0 Å². The Morgan fingerprint density at radius 3 is 2.96 bits per heavy atom. The Kier molecular flexibility index (Phi) is 3.31. The van der Waals surface area contributed by atoms with Crippen molar-refractivity contribution < 1.29 is 9.18 Å². The minimum Gasteiger partial charge on any atom is -0.312 e. The normalized spacial score (nSPS) is 11.1. The van der Waals surface area contributed by atoms with Gasteiger partial charge in [-0.3, -0.25) is 14.9 Å². The summed E-state index contributed by atoms with van der Waals surface area (Å²) in [5.74, 6) is 0.0462. The van der Waals surface area contributed by atoms with Gasteiger partial charge in [-0.05, 0) is 12.5 Å². The fraction of sp³-hybridized carbons (Fsp3) is 0.0588. The Balaban J connectivity index is 1.99. The Labute approximate surface area is 141 Å². The molecule has 0 saturated heterocycles. The van der Waals surface area contributed by atoms with Crippen LogP contribution in [0.1, 0.15) is 11.1 Å². The highest BCUT2D eigenvalue weighted by molar-refractivity contribution is 5.99. The van der Waals surface area contributed by atoms with Gasteiger partial charge >= 0.3 is 0 Å². The fourth-order valence-corrected chi connectivity index (χ4v) is 2.98. The van der Waals surface area contributed by atoms with E-state index in [1.54, 1.807) is 36.1 Å². The third kappa shape index (κ3) is 2.18. The summed E-state index contributed by atoms with van der Waals surface area (Å²) in [5.41, 5.74) is 3.20. The smallest absolute Gasteiger partial charge is 0.212 e. The molecule has 1 aromatic carbocycles. The molecule has 0 aliphatic rings. The first-order valence-electron chi connectivity index (χ1n) is 7.47. The van der Waals surface area contributed by atoms with E-state index < -0.39 is 0 Å². The molecule has 0 spiro atoms. The van der Waals surface area contributed by atoms with Crippen LogP contribution in [-0.4, -0.2) is 31.0 Å². The lowest BCUT2D eigenvalue weighted by atomic mass is 9.97. The third-order valence-electron chi connectivity index (χ3n) is 4.13. The monoisotopic (exact) mass is 336 g/mol. The van der Waals surface area contributed by atoms with Crippen LogP contribution < -0.4 is 5.32 Å². The van der Waals surface area contributed by atoms with E-state index in [1.165, 1.54) is 6.08 Å². The SMILES string of the molecule is C=Cc1c(F)c(C)c(-c2cn3cc(NC=O)nc3cn2)c2cn[nH]c12. The Morgan fingerprint density at radius 1 is 1.36 bits per heavy atom. The molecule has 0 radical (unpaired) electrons. The van der Waals surface area contributed by atoms with Crippen LogP contribution in [0.2, 0.25) is 0 Å². The highest BCUT2D eigenvalue weighted by Crippen LogP contribution is 2.35. The van der Waals surface area contributed by atoms with Crippen molar-refractivity contribution in [3.8, 4) is 11.3 Å². The lowest BCUT2D eigenvalue weighted by Crippen LogP contribution is -1.97. The molecule has 0 bridgehead atoms. The number of carbonyl (C=O) groups excluding carboxylic acids is 1. The first-order chi connectivity index (χ1) is 12.1. The maximum absolute atomic E-state index is 14.8. The zero-order valence-electron chi connectivity index (χ0n) is 13.2. The van der Waals surface area contributed by atoms with Crippen LogP contribution in [0.4, 0.5) is 10.2 Å². The summed E-state index contributed by atoms with van der Waals surface area (Å²) in [6.45, 7) is 5.37. The third-order valence-corrected chi connectivity index (χ3v) is 4.13. The second-order valence-corrected chi connectivity index (χ2v) is 5.52. The molecule has 0 aliphatic heterocycles. The first kappa shape index (κ1) is 15.0. The summed E-state index contributed by atoms with van der Waals surface area (Å²) in [6.07, 6.45) is 8.62. The van der Waals surface area contributed by atoms with E-state index in [4.69, 9.17) is 0 Å². The largest absolute Gasteiger partial charge is 0.312 e. The van der Waals surface area contributed by atoms with Gasteiger partial charge in [-0.15, -0.1) is 0 Å². The number of aromatic amines is 1. The van der Waals surface area contributed by atoms with Crippen molar-refractivity contribution in [2.24, 2.45) is 0 Å². The van der Waals surface area contributed by atoms with Gasteiger partial charge in [0.15, 0.2) is 11.5 Å². The van der Waals surface area contributed by atoms with E-state index >= 15 is 0 Å². The topological polar surface area (TPSA) is 88.0 Å². The number of carbonyl (C=O) groups is 1. The highest BCUT2D eigenvalue weighted by Gasteiger charge is 2.19. The lowest BCUT2D eigenvalue weighted by molar-refractivity contribution is -0.105. The maximum atomic E-state index is 14.8. The van der Waals surface area contributed by atoms with E-state index in [0.29, 0.717) is 45.8 Å². The van der Waals surface area contributed by atoms with Gasteiger partial charge in [-0.1, -0.05) is 12.7 Å². The van der Waals surface area contributed by atoms with Gasteiger partial charge in [-0.25, -0.2) is 9.37 Å². The van der Waals surface area contributed by atoms with Gasteiger partial charge in [0.05, 0.1) is 29.8 Å². The Morgan fingerprint density at radius 2 is 2.20 bits per heavy atom. The predicted octanol–water partition coefficient (Wildman–Crippen LogP) is 2.93. The van der Waals surface area contributed by atoms with Gasteiger partial charge in [0.25, 0.3) is 0 Å². The number of fused-ring (bicyclic) bond motifs is 2. The van der Waals surface area contributed by atoms with Crippen LogP contribution in [0.5, 0.6) is 0 Å². The number of rotatable bonds is 4. The van der Waals surface area contributed by atoms with Crippen molar-refractivity contribution in [2.75, 3.05) is 5.32 Å². The summed E-state index contributed by atoms with van der Waals surface area (Å²) in [4.78, 5) is 19.2. The Hall–Kier alpha value is -3.55. The molecule has 2 N–H and O–H groups in total. The molecule has 4 aromatic rings. The summed E-state index contributed by atoms with van der Waals surface area (Å²) >= 11 is 0. The molecular formula is C17H13FN6O. The number of anilines is 1. The van der Waals surface area contributed by atoms with Crippen LogP contribution in [0.25, 0.3) is 33.9 Å². The highest BCUT2D eigenvalue weighted by atomic mass is 19.1. The van der Waals surface area contributed by atoms with Crippen LogP contribution in [0.15, 0.2) is 31.4 Å². The zero-order valence-corrected chi connectivity index (χ0v) is 13.2. The van der Waals surface area contributed by atoms with Crippen LogP contribution in [0, 0.1) is 12.7 Å². The van der Waals surface area contributed by atoms with Crippen molar-refractivity contribution in [2.45, 2.75) is 6.92 Å². The molecular weight excluding hydrogens is 323 g/mol. The molecule has 25 heavy (non-hydrogen) atoms. The Bertz CT molecular complexity index is 1140. The first-order valence-corrected chi connectivity index (χ1v) is 7.47. The molecule has 3 heterocycles. The molecule has 0 saturated carbocycles. The standard InChI is InChI=1S/C17H13FN6O/c1-3-10-16(18)9(2)15(11-4-21-23-17(10)11)12-6-24-7-13(20-8-25)22-14(24)5-19-12/h3-8H,1H2,2H3,(H,20,25)(H,21,23). The number of benzene rings is 1. The average molecular weight is 336 g/mol. The quantitative estimate of drug-likeness (QED) is 0.561. The molecule has 4 rings (SSSR count). The van der Waals surface area contributed by atoms with Gasteiger partial charge < -0.3 is 9.72 Å². The second-order valence-electron chi connectivity index (χ2n) is 5.52. The number of nitrogens with one attached hydrogen (secondary N) is 2. The molecule has 0 aliphatic carbocycles. The van der Waals surface area contributed by atoms with Gasteiger partial charge in [0.2, 0.25) is 6.41 Å². The lowest BCUT2D eigenvalue weighted by Gasteiger charge is -2.11. The number of H-pyrrole nitrogens is 1. The number of halogens is 1. The minimum absolute atomic E-state index is 0.363. The summed E-state index contributed by atoms with van der Waals surface area (Å²) in [7, 11) is 0. The van der Waals surface area contributed by atoms with Crippen LogP contribution in [-0.2, 0) is 4.79 Å². The van der Waals surface area contributed by atoms with E-state index in [1.807, 2.05) is 0 Å². The van der Waals surface area contributed by atoms with Gasteiger partial charge in [0, 0.05) is 22.7 Å². The number of aromatic nitrogens is 5. The van der Waals surface area contributed by atoms with Crippen molar-refractivity contribution in [3.05, 3.63) is 48.3 Å². The van der Waals surface area contributed by atoms with Crippen molar-refractivity contribution >= 4 is 34.9 Å². The molecule has 1 amide bonds. The predicted molar refractivity (Wildman–Crippen MR) is 92.5 cm³/mol. The zero-order chi connectivity index (χ0) is 17.6. The number of hydrogen-bond donors (Lipinski definition) is 2. The van der Waals surface area contributed by atoms with Crippen molar-refractivity contribution in [1.82, 2.24) is 24.6 Å². The molecule has 0 atom stereocenters. The molecule has 3 aromatic heterocycles. The summed E-state index contributed by atoms with van der Waals surface area (Å²) < 4.78 is 16.5. The van der Waals surface area contributed by atoms with Gasteiger partial charge in [0.1, 0.15) is 5.82 Å². The molecule has 7 nitrogen and oxygen atoms in total. The van der Waals surface area contributed by atoms with Crippen LogP contribution in [0.3, 0.4) is 0 Å². The minimum atomic E-state index is -0.363. The van der Waals surface area contributed by atoms with Gasteiger partial charge in [-0.2, -0.15) is 5.10 Å². The average Bonchev–Trinajstić information content (AvgIpc) is 3.22. The van der Waals surface area contributed by atoms with E-state index in [9.17, 15) is 9.18 Å². The number of amides is 1. The number of nitrogens with zero attached hydrogens (tertiary/aromatic N) is 4. The molecule has 124 valence electrons.